The van der Waals surface area contributed by atoms with Crippen molar-refractivity contribution in [2.45, 2.75) is 19.4 Å². The predicted octanol–water partition coefficient (Wildman–Crippen LogP) is 4.27. The fourth-order valence-electron chi connectivity index (χ4n) is 2.58. The Hall–Kier alpha value is -2.60. The van der Waals surface area contributed by atoms with Crippen LogP contribution in [0.5, 0.6) is 5.75 Å². The maximum atomic E-state index is 12.3. The van der Waals surface area contributed by atoms with Crippen molar-refractivity contribution in [2.75, 3.05) is 12.4 Å². The second-order valence-corrected chi connectivity index (χ2v) is 6.81. The monoisotopic (exact) mass is 413 g/mol. The van der Waals surface area contributed by atoms with Crippen LogP contribution in [0.25, 0.3) is 0 Å². The summed E-state index contributed by atoms with van der Waals surface area (Å²) < 4.78 is 7.96. The molecule has 0 radical (unpaired) electrons. The van der Waals surface area contributed by atoms with Crippen molar-refractivity contribution in [1.29, 1.82) is 0 Å². The van der Waals surface area contributed by atoms with Crippen LogP contribution in [-0.4, -0.2) is 22.8 Å². The van der Waals surface area contributed by atoms with Crippen LogP contribution < -0.4 is 10.1 Å². The molecule has 5 nitrogen and oxygen atoms in total. The van der Waals surface area contributed by atoms with Crippen LogP contribution in [-0.2, 0) is 17.8 Å². The first-order chi connectivity index (χ1) is 12.6. The fourth-order valence-corrected chi connectivity index (χ4v) is 2.85. The maximum absolute atomic E-state index is 12.3. The van der Waals surface area contributed by atoms with Gasteiger partial charge in [-0.05, 0) is 41.8 Å². The number of halogens is 1. The van der Waals surface area contributed by atoms with Crippen molar-refractivity contribution in [3.8, 4) is 5.75 Å². The number of nitrogens with zero attached hydrogens (tertiary/aromatic N) is 2. The van der Waals surface area contributed by atoms with Crippen molar-refractivity contribution in [1.82, 2.24) is 9.78 Å². The third-order valence-electron chi connectivity index (χ3n) is 4.03. The van der Waals surface area contributed by atoms with Gasteiger partial charge in [-0.3, -0.25) is 4.79 Å². The number of carbonyl (C=O) groups excluding carboxylic acids is 1. The highest BCUT2D eigenvalue weighted by atomic mass is 79.9. The molecule has 0 aliphatic carbocycles. The van der Waals surface area contributed by atoms with Crippen molar-refractivity contribution in [2.24, 2.45) is 0 Å². The first-order valence-electron chi connectivity index (χ1n) is 8.33. The zero-order valence-electron chi connectivity index (χ0n) is 14.5. The largest absolute Gasteiger partial charge is 0.497 e. The average Bonchev–Trinajstić information content (AvgIpc) is 3.09. The number of nitrogens with one attached hydrogen (secondary N) is 1. The summed E-state index contributed by atoms with van der Waals surface area (Å²) in [5, 5.41) is 7.24. The number of anilines is 1. The van der Waals surface area contributed by atoms with E-state index < -0.39 is 0 Å². The highest BCUT2D eigenvalue weighted by Crippen LogP contribution is 2.15. The van der Waals surface area contributed by atoms with Crippen LogP contribution in [0.3, 0.4) is 0 Å². The molecule has 0 saturated carbocycles. The number of hydrogen-bond donors (Lipinski definition) is 1. The smallest absolute Gasteiger partial charge is 0.225 e. The molecule has 3 rings (SSSR count). The quantitative estimate of drug-likeness (QED) is 0.628. The molecule has 0 bridgehead atoms. The molecule has 0 aliphatic rings. The van der Waals surface area contributed by atoms with Crippen molar-refractivity contribution >= 4 is 27.7 Å². The maximum Gasteiger partial charge on any atom is 0.225 e. The lowest BCUT2D eigenvalue weighted by Crippen LogP contribution is -2.16. The van der Waals surface area contributed by atoms with Crippen LogP contribution >= 0.6 is 15.9 Å². The van der Waals surface area contributed by atoms with E-state index in [0.717, 1.165) is 21.3 Å². The van der Waals surface area contributed by atoms with Gasteiger partial charge in [-0.1, -0.05) is 40.2 Å². The molecule has 0 atom stereocenters. The molecule has 0 fully saturated rings. The molecule has 0 unspecified atom stereocenters. The van der Waals surface area contributed by atoms with E-state index in [1.54, 1.807) is 18.0 Å². The molecule has 2 aromatic carbocycles. The van der Waals surface area contributed by atoms with Gasteiger partial charge in [-0.15, -0.1) is 0 Å². The molecule has 1 aromatic heterocycles. The molecule has 0 aliphatic heterocycles. The molecular formula is C20H20BrN3O2. The minimum absolute atomic E-state index is 0.0293. The summed E-state index contributed by atoms with van der Waals surface area (Å²) in [5.74, 6) is 1.49. The van der Waals surface area contributed by atoms with Gasteiger partial charge in [0.2, 0.25) is 5.91 Å². The van der Waals surface area contributed by atoms with E-state index in [1.165, 1.54) is 0 Å². The molecule has 134 valence electrons. The summed E-state index contributed by atoms with van der Waals surface area (Å²) >= 11 is 3.43. The van der Waals surface area contributed by atoms with Gasteiger partial charge in [0.25, 0.3) is 0 Å². The lowest BCUT2D eigenvalue weighted by molar-refractivity contribution is -0.116. The standard InChI is InChI=1S/C20H20BrN3O2/c1-26-18-9-4-15(5-10-18)6-11-20(25)23-19-12-13-22-24(19)14-16-2-7-17(21)8-3-16/h2-5,7-10,12-13H,6,11,14H2,1H3,(H,23,25). The number of rotatable bonds is 7. The first-order valence-corrected chi connectivity index (χ1v) is 9.12. The van der Waals surface area contributed by atoms with Gasteiger partial charge in [0.1, 0.15) is 11.6 Å². The summed E-state index contributed by atoms with van der Waals surface area (Å²) in [7, 11) is 1.64. The molecule has 6 heteroatoms. The number of ether oxygens (including phenoxy) is 1. The molecule has 0 spiro atoms. The van der Waals surface area contributed by atoms with Gasteiger partial charge in [0.05, 0.1) is 19.9 Å². The van der Waals surface area contributed by atoms with Gasteiger partial charge >= 0.3 is 0 Å². The Bertz CT molecular complexity index is 858. The second kappa shape index (κ2) is 8.67. The van der Waals surface area contributed by atoms with E-state index in [9.17, 15) is 4.79 Å². The average molecular weight is 414 g/mol. The summed E-state index contributed by atoms with van der Waals surface area (Å²) in [6, 6.07) is 17.6. The summed E-state index contributed by atoms with van der Waals surface area (Å²) in [5.41, 5.74) is 2.22. The third kappa shape index (κ3) is 4.95. The predicted molar refractivity (Wildman–Crippen MR) is 105 cm³/mol. The highest BCUT2D eigenvalue weighted by Gasteiger charge is 2.08. The Labute approximate surface area is 161 Å². The van der Waals surface area contributed by atoms with Crippen molar-refractivity contribution < 1.29 is 9.53 Å². The van der Waals surface area contributed by atoms with E-state index >= 15 is 0 Å². The lowest BCUT2D eigenvalue weighted by atomic mass is 10.1. The van der Waals surface area contributed by atoms with Gasteiger partial charge in [0, 0.05) is 17.0 Å². The Morgan fingerprint density at radius 2 is 1.77 bits per heavy atom. The molecule has 3 aromatic rings. The Balaban J connectivity index is 1.56. The van der Waals surface area contributed by atoms with Crippen LogP contribution in [0.2, 0.25) is 0 Å². The highest BCUT2D eigenvalue weighted by molar-refractivity contribution is 9.10. The Morgan fingerprint density at radius 1 is 1.08 bits per heavy atom. The fraction of sp³-hybridized carbons (Fsp3) is 0.200. The lowest BCUT2D eigenvalue weighted by Gasteiger charge is -2.09. The van der Waals surface area contributed by atoms with E-state index in [4.69, 9.17) is 4.74 Å². The van der Waals surface area contributed by atoms with Crippen molar-refractivity contribution in [3.05, 3.63) is 76.4 Å². The van der Waals surface area contributed by atoms with Crippen LogP contribution in [0.15, 0.2) is 65.3 Å². The first kappa shape index (κ1) is 18.2. The molecular weight excluding hydrogens is 394 g/mol. The van der Waals surface area contributed by atoms with Gasteiger partial charge < -0.3 is 10.1 Å². The third-order valence-corrected chi connectivity index (χ3v) is 4.56. The number of amides is 1. The molecule has 26 heavy (non-hydrogen) atoms. The Morgan fingerprint density at radius 3 is 2.46 bits per heavy atom. The second-order valence-electron chi connectivity index (χ2n) is 5.90. The van der Waals surface area contributed by atoms with E-state index in [2.05, 4.69) is 26.3 Å². The van der Waals surface area contributed by atoms with Gasteiger partial charge in [-0.2, -0.15) is 5.10 Å². The number of aryl methyl sites for hydroxylation is 1. The molecule has 1 heterocycles. The molecule has 1 N–H and O–H groups in total. The van der Waals surface area contributed by atoms with Gasteiger partial charge in [-0.25, -0.2) is 4.68 Å². The van der Waals surface area contributed by atoms with Crippen LogP contribution in [0, 0.1) is 0 Å². The zero-order chi connectivity index (χ0) is 18.4. The topological polar surface area (TPSA) is 56.1 Å². The van der Waals surface area contributed by atoms with Crippen LogP contribution in [0.1, 0.15) is 17.5 Å². The normalized spacial score (nSPS) is 10.5. The SMILES string of the molecule is COc1ccc(CCC(=O)Nc2ccnn2Cc2ccc(Br)cc2)cc1. The van der Waals surface area contributed by atoms with E-state index in [1.807, 2.05) is 54.6 Å². The molecule has 0 saturated heterocycles. The Kier molecular flexibility index (Phi) is 6.07. The number of carbonyl (C=O) groups is 1. The summed E-state index contributed by atoms with van der Waals surface area (Å²) in [6.07, 6.45) is 2.78. The van der Waals surface area contributed by atoms with Crippen molar-refractivity contribution in [3.63, 3.8) is 0 Å². The number of methoxy groups -OCH3 is 1. The minimum atomic E-state index is -0.0293. The van der Waals surface area contributed by atoms with Crippen LogP contribution in [0.4, 0.5) is 5.82 Å². The van der Waals surface area contributed by atoms with E-state index in [-0.39, 0.29) is 5.91 Å². The molecule has 1 amide bonds. The van der Waals surface area contributed by atoms with E-state index in [0.29, 0.717) is 25.2 Å². The summed E-state index contributed by atoms with van der Waals surface area (Å²) in [4.78, 5) is 12.3. The minimum Gasteiger partial charge on any atom is -0.497 e. The van der Waals surface area contributed by atoms with Gasteiger partial charge in [0.15, 0.2) is 0 Å². The number of hydrogen-bond acceptors (Lipinski definition) is 3. The zero-order valence-corrected chi connectivity index (χ0v) is 16.1. The summed E-state index contributed by atoms with van der Waals surface area (Å²) in [6.45, 7) is 0.606. The number of benzene rings is 2. The number of aromatic nitrogens is 2.